The summed E-state index contributed by atoms with van der Waals surface area (Å²) in [6.45, 7) is 9.40. The van der Waals surface area contributed by atoms with Crippen LogP contribution in [-0.2, 0) is 30.8 Å². The molecule has 0 atom stereocenters. The van der Waals surface area contributed by atoms with Crippen LogP contribution in [0.3, 0.4) is 0 Å². The Bertz CT molecular complexity index is 1180. The van der Waals surface area contributed by atoms with Crippen molar-refractivity contribution < 1.29 is 49.7 Å². The standard InChI is InChI=1S/C23H28BClO5.CHF3O3S/c1-22(2)23(3,4)30-24(29-22)21-18(15-26)13-19(25)14-20(21)28-12-8-11-27-16-17-9-6-5-7-10-17;2-1(3,4)8(5,6)7/h5-7,9-10,13-15H,8,11-12,16H2,1-4H3;(H,5,6,7). The first-order chi connectivity index (χ1) is 17.5. The largest absolute Gasteiger partial charge is 0.522 e. The Morgan fingerprint density at radius 2 is 1.61 bits per heavy atom. The van der Waals surface area contributed by atoms with Gasteiger partial charge in [-0.05, 0) is 45.4 Å². The van der Waals surface area contributed by atoms with Crippen molar-refractivity contribution in [2.45, 2.75) is 57.4 Å². The van der Waals surface area contributed by atoms with Gasteiger partial charge in [0.1, 0.15) is 12.0 Å². The summed E-state index contributed by atoms with van der Waals surface area (Å²) in [7, 11) is -6.55. The zero-order valence-corrected chi connectivity index (χ0v) is 22.8. The van der Waals surface area contributed by atoms with Crippen molar-refractivity contribution in [1.29, 1.82) is 0 Å². The van der Waals surface area contributed by atoms with Crippen LogP contribution in [0.2, 0.25) is 5.02 Å². The number of rotatable bonds is 9. The summed E-state index contributed by atoms with van der Waals surface area (Å²) in [5.41, 5.74) is -4.49. The highest BCUT2D eigenvalue weighted by atomic mass is 35.5. The van der Waals surface area contributed by atoms with Crippen molar-refractivity contribution in [3.8, 4) is 5.75 Å². The van der Waals surface area contributed by atoms with Crippen molar-refractivity contribution >= 4 is 40.6 Å². The molecule has 1 fully saturated rings. The van der Waals surface area contributed by atoms with Gasteiger partial charge in [0.25, 0.3) is 0 Å². The number of hydrogen-bond acceptors (Lipinski definition) is 7. The van der Waals surface area contributed by atoms with E-state index in [-0.39, 0.29) is 0 Å². The number of hydrogen-bond donors (Lipinski definition) is 1. The molecular weight excluding hydrogens is 552 g/mol. The maximum Gasteiger partial charge on any atom is 0.522 e. The van der Waals surface area contributed by atoms with E-state index < -0.39 is 33.9 Å². The summed E-state index contributed by atoms with van der Waals surface area (Å²) in [5, 5.41) is 0.424. The van der Waals surface area contributed by atoms with Gasteiger partial charge >= 0.3 is 22.7 Å². The Labute approximate surface area is 225 Å². The van der Waals surface area contributed by atoms with Crippen molar-refractivity contribution in [2.75, 3.05) is 13.2 Å². The van der Waals surface area contributed by atoms with Crippen molar-refractivity contribution in [3.05, 3.63) is 58.6 Å². The molecule has 2 aromatic carbocycles. The normalized spacial score (nSPS) is 16.5. The molecule has 0 aliphatic carbocycles. The molecule has 14 heteroatoms. The van der Waals surface area contributed by atoms with Gasteiger partial charge < -0.3 is 18.8 Å². The molecule has 2 aromatic rings. The van der Waals surface area contributed by atoms with E-state index >= 15 is 0 Å². The molecule has 1 heterocycles. The zero-order valence-electron chi connectivity index (χ0n) is 21.2. The fourth-order valence-electron chi connectivity index (χ4n) is 3.15. The molecule has 210 valence electrons. The maximum absolute atomic E-state index is 11.7. The molecule has 1 aliphatic rings. The van der Waals surface area contributed by atoms with Crippen LogP contribution in [0.15, 0.2) is 42.5 Å². The Morgan fingerprint density at radius 3 is 2.11 bits per heavy atom. The fraction of sp³-hybridized carbons (Fsp3) is 0.458. The second-order valence-electron chi connectivity index (χ2n) is 9.27. The minimum atomic E-state index is -5.84. The van der Waals surface area contributed by atoms with E-state index in [9.17, 15) is 18.0 Å². The summed E-state index contributed by atoms with van der Waals surface area (Å²) in [6.07, 6.45) is 1.45. The van der Waals surface area contributed by atoms with Crippen molar-refractivity contribution in [2.24, 2.45) is 0 Å². The van der Waals surface area contributed by atoms with Gasteiger partial charge in [-0.2, -0.15) is 21.6 Å². The Morgan fingerprint density at radius 1 is 1.05 bits per heavy atom. The van der Waals surface area contributed by atoms with Gasteiger partial charge in [-0.25, -0.2) is 0 Å². The van der Waals surface area contributed by atoms with E-state index in [4.69, 9.17) is 43.4 Å². The monoisotopic (exact) mass is 580 g/mol. The van der Waals surface area contributed by atoms with Gasteiger partial charge in [-0.1, -0.05) is 41.9 Å². The molecule has 38 heavy (non-hydrogen) atoms. The predicted molar refractivity (Wildman–Crippen MR) is 136 cm³/mol. The van der Waals surface area contributed by atoms with E-state index in [0.29, 0.717) is 48.0 Å². The summed E-state index contributed by atoms with van der Waals surface area (Å²) in [5.74, 6) is 0.492. The molecule has 0 spiro atoms. The highest BCUT2D eigenvalue weighted by Gasteiger charge is 2.53. The summed E-state index contributed by atoms with van der Waals surface area (Å²) >= 11 is 6.20. The van der Waals surface area contributed by atoms with Gasteiger partial charge in [0.2, 0.25) is 0 Å². The van der Waals surface area contributed by atoms with Crippen LogP contribution in [-0.4, -0.2) is 56.3 Å². The van der Waals surface area contributed by atoms with Crippen molar-refractivity contribution in [3.63, 3.8) is 0 Å². The third-order valence-corrected chi connectivity index (χ3v) is 6.65. The zero-order chi connectivity index (χ0) is 28.8. The van der Waals surface area contributed by atoms with Crippen molar-refractivity contribution in [1.82, 2.24) is 0 Å². The molecule has 0 amide bonds. The van der Waals surface area contributed by atoms with Crippen LogP contribution in [0.5, 0.6) is 5.75 Å². The van der Waals surface area contributed by atoms with Crippen LogP contribution < -0.4 is 10.2 Å². The molecule has 0 unspecified atom stereocenters. The smallest absolute Gasteiger partial charge is 0.494 e. The number of alkyl halides is 3. The molecule has 0 radical (unpaired) electrons. The molecule has 0 saturated carbocycles. The number of aldehydes is 1. The van der Waals surface area contributed by atoms with E-state index in [2.05, 4.69) is 0 Å². The van der Waals surface area contributed by atoms with E-state index in [1.165, 1.54) is 0 Å². The summed E-state index contributed by atoms with van der Waals surface area (Å²) in [6, 6.07) is 13.3. The first kappa shape index (κ1) is 32.1. The first-order valence-corrected chi connectivity index (χ1v) is 13.2. The summed E-state index contributed by atoms with van der Waals surface area (Å²) < 4.78 is 81.5. The third-order valence-electron chi connectivity index (χ3n) is 5.85. The number of benzene rings is 2. The van der Waals surface area contributed by atoms with Crippen LogP contribution >= 0.6 is 11.6 Å². The van der Waals surface area contributed by atoms with Crippen LogP contribution in [0, 0.1) is 0 Å². The molecule has 0 bridgehead atoms. The van der Waals surface area contributed by atoms with Crippen LogP contribution in [0.4, 0.5) is 13.2 Å². The number of ether oxygens (including phenoxy) is 2. The molecular formula is C24H29BClF3O8S. The van der Waals surface area contributed by atoms with Crippen LogP contribution in [0.1, 0.15) is 50.0 Å². The average molecular weight is 581 g/mol. The second kappa shape index (κ2) is 12.8. The van der Waals surface area contributed by atoms with E-state index in [0.717, 1.165) is 11.8 Å². The lowest BCUT2D eigenvalue weighted by molar-refractivity contribution is -0.0510. The highest BCUT2D eigenvalue weighted by Crippen LogP contribution is 2.37. The number of carbonyl (C=O) groups excluding carboxylic acids is 1. The average Bonchev–Trinajstić information content (AvgIpc) is 3.01. The number of halogens is 4. The SMILES string of the molecule is CC1(C)OB(c2c(C=O)cc(Cl)cc2OCCCOCc2ccccc2)OC1(C)C.O=S(=O)(O)C(F)(F)F. The Hall–Kier alpha value is -2.16. The minimum Gasteiger partial charge on any atom is -0.494 e. The number of carbonyl (C=O) groups is 1. The van der Waals surface area contributed by atoms with Gasteiger partial charge in [0, 0.05) is 22.5 Å². The lowest BCUT2D eigenvalue weighted by atomic mass is 9.75. The third kappa shape index (κ3) is 8.68. The molecule has 0 aromatic heterocycles. The maximum atomic E-state index is 11.7. The molecule has 8 nitrogen and oxygen atoms in total. The van der Waals surface area contributed by atoms with Crippen LogP contribution in [0.25, 0.3) is 0 Å². The molecule has 1 N–H and O–H groups in total. The van der Waals surface area contributed by atoms with Gasteiger partial charge in [0.15, 0.2) is 0 Å². The Kier molecular flexibility index (Phi) is 10.8. The lowest BCUT2D eigenvalue weighted by Crippen LogP contribution is -2.41. The molecule has 1 aliphatic heterocycles. The topological polar surface area (TPSA) is 108 Å². The second-order valence-corrected chi connectivity index (χ2v) is 11.1. The van der Waals surface area contributed by atoms with Gasteiger partial charge in [0.05, 0.1) is 31.0 Å². The van der Waals surface area contributed by atoms with Gasteiger partial charge in [-0.3, -0.25) is 9.35 Å². The quantitative estimate of drug-likeness (QED) is 0.148. The van der Waals surface area contributed by atoms with Gasteiger partial charge in [-0.15, -0.1) is 0 Å². The highest BCUT2D eigenvalue weighted by molar-refractivity contribution is 7.86. The molecule has 1 saturated heterocycles. The fourth-order valence-corrected chi connectivity index (χ4v) is 3.37. The first-order valence-electron chi connectivity index (χ1n) is 11.4. The Balaban J connectivity index is 0.000000550. The van der Waals surface area contributed by atoms with E-state index in [1.54, 1.807) is 12.1 Å². The summed E-state index contributed by atoms with van der Waals surface area (Å²) in [4.78, 5) is 11.7. The predicted octanol–water partition coefficient (Wildman–Crippen LogP) is 4.83. The lowest BCUT2D eigenvalue weighted by Gasteiger charge is -2.32. The minimum absolute atomic E-state index is 0.399. The van der Waals surface area contributed by atoms with E-state index in [1.807, 2.05) is 58.0 Å². The molecule has 3 rings (SSSR count).